The van der Waals surface area contributed by atoms with Crippen molar-refractivity contribution < 1.29 is 17.9 Å². The Morgan fingerprint density at radius 2 is 2.00 bits per heavy atom. The molecule has 0 saturated heterocycles. The van der Waals surface area contributed by atoms with E-state index in [9.17, 15) is 12.8 Å². The molecule has 6 heteroatoms. The molecule has 0 radical (unpaired) electrons. The lowest BCUT2D eigenvalue weighted by molar-refractivity contribution is 0.281. The summed E-state index contributed by atoms with van der Waals surface area (Å²) in [4.78, 5) is -0.129. The monoisotopic (exact) mass is 261 g/mol. The second-order valence-corrected chi connectivity index (χ2v) is 5.82. The summed E-state index contributed by atoms with van der Waals surface area (Å²) in [5, 5.41) is 8.94. The van der Waals surface area contributed by atoms with Crippen LogP contribution in [0.1, 0.15) is 25.0 Å². The van der Waals surface area contributed by atoms with Crippen molar-refractivity contribution in [3.63, 3.8) is 0 Å². The number of rotatable bonds is 4. The van der Waals surface area contributed by atoms with Crippen LogP contribution in [-0.4, -0.2) is 19.6 Å². The number of benzene rings is 1. The predicted octanol–water partition coefficient (Wildman–Crippen LogP) is 1.31. The molecule has 1 aromatic rings. The summed E-state index contributed by atoms with van der Waals surface area (Å²) in [6, 6.07) is 2.13. The maximum absolute atomic E-state index is 13.5. The Kier molecular flexibility index (Phi) is 4.24. The number of sulfonamides is 1. The first kappa shape index (κ1) is 14.1. The highest BCUT2D eigenvalue weighted by atomic mass is 32.2. The number of nitrogens with one attached hydrogen (secondary N) is 1. The predicted molar refractivity (Wildman–Crippen MR) is 62.5 cm³/mol. The standard InChI is InChI=1S/C11H16FNO3S/c1-7(2)13-17(15,16)11-5-9(6-14)4-10(12)8(11)3/h4-5,7,13-14H,6H2,1-3H3. The number of hydrogen-bond acceptors (Lipinski definition) is 3. The Hall–Kier alpha value is -0.980. The van der Waals surface area contributed by atoms with Gasteiger partial charge in [0.05, 0.1) is 11.5 Å². The summed E-state index contributed by atoms with van der Waals surface area (Å²) in [6.07, 6.45) is 0. The van der Waals surface area contributed by atoms with Crippen LogP contribution < -0.4 is 4.72 Å². The van der Waals surface area contributed by atoms with Crippen LogP contribution in [0.25, 0.3) is 0 Å². The summed E-state index contributed by atoms with van der Waals surface area (Å²) in [6.45, 7) is 4.35. The Balaban J connectivity index is 3.35. The van der Waals surface area contributed by atoms with Gasteiger partial charge in [-0.25, -0.2) is 17.5 Å². The summed E-state index contributed by atoms with van der Waals surface area (Å²) in [5.74, 6) is -0.638. The Morgan fingerprint density at radius 1 is 1.41 bits per heavy atom. The molecule has 0 aliphatic carbocycles. The lowest BCUT2D eigenvalue weighted by Crippen LogP contribution is -2.31. The number of aliphatic hydroxyl groups is 1. The van der Waals surface area contributed by atoms with Crippen molar-refractivity contribution in [1.82, 2.24) is 4.72 Å². The van der Waals surface area contributed by atoms with Gasteiger partial charge in [0.2, 0.25) is 10.0 Å². The molecule has 0 saturated carbocycles. The highest BCUT2D eigenvalue weighted by Crippen LogP contribution is 2.20. The van der Waals surface area contributed by atoms with Gasteiger partial charge in [-0.15, -0.1) is 0 Å². The van der Waals surface area contributed by atoms with Gasteiger partial charge in [0.1, 0.15) is 5.82 Å². The summed E-state index contributed by atoms with van der Waals surface area (Å²) >= 11 is 0. The van der Waals surface area contributed by atoms with Gasteiger partial charge >= 0.3 is 0 Å². The van der Waals surface area contributed by atoms with E-state index in [-0.39, 0.29) is 22.1 Å². The van der Waals surface area contributed by atoms with Gasteiger partial charge in [0, 0.05) is 11.6 Å². The lowest BCUT2D eigenvalue weighted by atomic mass is 10.1. The molecule has 1 aromatic carbocycles. The summed E-state index contributed by atoms with van der Waals surface area (Å²) < 4.78 is 39.7. The lowest BCUT2D eigenvalue weighted by Gasteiger charge is -2.13. The topological polar surface area (TPSA) is 66.4 Å². The second-order valence-electron chi connectivity index (χ2n) is 4.13. The van der Waals surface area contributed by atoms with Gasteiger partial charge in [-0.1, -0.05) is 0 Å². The molecule has 0 heterocycles. The summed E-state index contributed by atoms with van der Waals surface area (Å²) in [5.41, 5.74) is 0.285. The summed E-state index contributed by atoms with van der Waals surface area (Å²) in [7, 11) is -3.75. The van der Waals surface area contributed by atoms with E-state index in [1.165, 1.54) is 13.0 Å². The third kappa shape index (κ3) is 3.24. The van der Waals surface area contributed by atoms with Crippen LogP contribution in [-0.2, 0) is 16.6 Å². The Morgan fingerprint density at radius 3 is 2.47 bits per heavy atom. The number of halogens is 1. The minimum atomic E-state index is -3.75. The largest absolute Gasteiger partial charge is 0.392 e. The maximum Gasteiger partial charge on any atom is 0.241 e. The first-order chi connectivity index (χ1) is 7.77. The van der Waals surface area contributed by atoms with E-state index >= 15 is 0 Å². The zero-order chi connectivity index (χ0) is 13.2. The SMILES string of the molecule is Cc1c(F)cc(CO)cc1S(=O)(=O)NC(C)C. The fraction of sp³-hybridized carbons (Fsp3) is 0.455. The third-order valence-corrected chi connectivity index (χ3v) is 4.00. The van der Waals surface area contributed by atoms with Crippen molar-refractivity contribution in [2.45, 2.75) is 38.3 Å². The van der Waals surface area contributed by atoms with Crippen molar-refractivity contribution in [1.29, 1.82) is 0 Å². The molecule has 0 unspecified atom stereocenters. The zero-order valence-electron chi connectivity index (χ0n) is 9.99. The molecule has 0 bridgehead atoms. The number of hydrogen-bond donors (Lipinski definition) is 2. The van der Waals surface area contributed by atoms with Gasteiger partial charge in [-0.3, -0.25) is 0 Å². The van der Waals surface area contributed by atoms with E-state index in [0.29, 0.717) is 0 Å². The Bertz CT molecular complexity index is 512. The van der Waals surface area contributed by atoms with Crippen molar-refractivity contribution in [2.75, 3.05) is 0 Å². The molecule has 1 rings (SSSR count). The van der Waals surface area contributed by atoms with Gasteiger partial charge in [-0.05, 0) is 38.5 Å². The van der Waals surface area contributed by atoms with E-state index < -0.39 is 22.4 Å². The first-order valence-corrected chi connectivity index (χ1v) is 6.68. The molecule has 0 spiro atoms. The maximum atomic E-state index is 13.5. The molecular formula is C11H16FNO3S. The van der Waals surface area contributed by atoms with Crippen molar-refractivity contribution in [2.24, 2.45) is 0 Å². The average molecular weight is 261 g/mol. The molecule has 17 heavy (non-hydrogen) atoms. The molecule has 0 atom stereocenters. The fourth-order valence-corrected chi connectivity index (χ4v) is 3.01. The van der Waals surface area contributed by atoms with Crippen molar-refractivity contribution in [3.05, 3.63) is 29.1 Å². The van der Waals surface area contributed by atoms with E-state index in [4.69, 9.17) is 5.11 Å². The highest BCUT2D eigenvalue weighted by Gasteiger charge is 2.20. The highest BCUT2D eigenvalue weighted by molar-refractivity contribution is 7.89. The van der Waals surface area contributed by atoms with Gasteiger partial charge in [0.15, 0.2) is 0 Å². The zero-order valence-corrected chi connectivity index (χ0v) is 10.8. The molecular weight excluding hydrogens is 245 g/mol. The Labute approximate surface area is 101 Å². The van der Waals surface area contributed by atoms with E-state index in [2.05, 4.69) is 4.72 Å². The average Bonchev–Trinajstić information content (AvgIpc) is 2.19. The van der Waals surface area contributed by atoms with Crippen LogP contribution >= 0.6 is 0 Å². The molecule has 0 amide bonds. The van der Waals surface area contributed by atoms with Gasteiger partial charge < -0.3 is 5.11 Å². The molecule has 0 aliphatic rings. The molecule has 0 aromatic heterocycles. The number of aliphatic hydroxyl groups excluding tert-OH is 1. The molecule has 0 aliphatic heterocycles. The second kappa shape index (κ2) is 5.12. The van der Waals surface area contributed by atoms with Crippen LogP contribution in [0.5, 0.6) is 0 Å². The fourth-order valence-electron chi connectivity index (χ4n) is 1.45. The normalized spacial score (nSPS) is 12.1. The first-order valence-electron chi connectivity index (χ1n) is 5.20. The van der Waals surface area contributed by atoms with Crippen LogP contribution in [0.4, 0.5) is 4.39 Å². The smallest absolute Gasteiger partial charge is 0.241 e. The van der Waals surface area contributed by atoms with E-state index in [0.717, 1.165) is 6.07 Å². The molecule has 96 valence electrons. The van der Waals surface area contributed by atoms with E-state index in [1.807, 2.05) is 0 Å². The van der Waals surface area contributed by atoms with Crippen LogP contribution in [0.15, 0.2) is 17.0 Å². The minimum absolute atomic E-state index is 0.0513. The molecule has 2 N–H and O–H groups in total. The van der Waals surface area contributed by atoms with Crippen molar-refractivity contribution >= 4 is 10.0 Å². The molecule has 4 nitrogen and oxygen atoms in total. The van der Waals surface area contributed by atoms with Crippen LogP contribution in [0.2, 0.25) is 0 Å². The van der Waals surface area contributed by atoms with Crippen LogP contribution in [0.3, 0.4) is 0 Å². The van der Waals surface area contributed by atoms with Gasteiger partial charge in [0.25, 0.3) is 0 Å². The van der Waals surface area contributed by atoms with E-state index in [1.54, 1.807) is 13.8 Å². The van der Waals surface area contributed by atoms with Crippen LogP contribution in [0, 0.1) is 12.7 Å². The van der Waals surface area contributed by atoms with Crippen molar-refractivity contribution in [3.8, 4) is 0 Å². The molecule has 0 fully saturated rings. The van der Waals surface area contributed by atoms with Gasteiger partial charge in [-0.2, -0.15) is 0 Å². The minimum Gasteiger partial charge on any atom is -0.392 e. The quantitative estimate of drug-likeness (QED) is 0.859. The third-order valence-electron chi connectivity index (χ3n) is 2.22.